The maximum absolute atomic E-state index is 5.68. The Bertz CT molecular complexity index is 736. The van der Waals surface area contributed by atoms with E-state index in [4.69, 9.17) is 5.73 Å². The molecule has 21 heavy (non-hydrogen) atoms. The second-order valence-electron chi connectivity index (χ2n) is 4.59. The highest BCUT2D eigenvalue weighted by Crippen LogP contribution is 2.23. The van der Waals surface area contributed by atoms with E-state index in [0.717, 1.165) is 29.8 Å². The average Bonchev–Trinajstić information content (AvgIpc) is 2.98. The smallest absolute Gasteiger partial charge is 0.220 e. The Hall–Kier alpha value is -2.83. The average molecular weight is 281 g/mol. The Morgan fingerprint density at radius 3 is 2.76 bits per heavy atom. The predicted octanol–water partition coefficient (Wildman–Crippen LogP) is 1.65. The molecule has 0 aliphatic heterocycles. The van der Waals surface area contributed by atoms with Crippen molar-refractivity contribution in [2.24, 2.45) is 0 Å². The van der Waals surface area contributed by atoms with Crippen LogP contribution in [0.15, 0.2) is 36.5 Å². The molecular formula is C14H15N7. The molecule has 0 unspecified atom stereocenters. The van der Waals surface area contributed by atoms with Crippen LogP contribution in [0.25, 0.3) is 17.1 Å². The molecule has 0 saturated heterocycles. The van der Waals surface area contributed by atoms with E-state index in [0.29, 0.717) is 5.82 Å². The molecule has 0 spiro atoms. The monoisotopic (exact) mass is 281 g/mol. The molecule has 3 rings (SSSR count). The lowest BCUT2D eigenvalue weighted by atomic mass is 10.1. The quantitative estimate of drug-likeness (QED) is 0.781. The molecule has 0 fully saturated rings. The highest BCUT2D eigenvalue weighted by Gasteiger charge is 2.16. The Morgan fingerprint density at radius 1 is 1.19 bits per heavy atom. The summed E-state index contributed by atoms with van der Waals surface area (Å²) in [6.07, 6.45) is 3.43. The Balaban J connectivity index is 2.12. The Labute approximate surface area is 121 Å². The number of aryl methyl sites for hydroxylation is 1. The van der Waals surface area contributed by atoms with Gasteiger partial charge in [0.1, 0.15) is 0 Å². The summed E-state index contributed by atoms with van der Waals surface area (Å²) in [5, 5.41) is 11.9. The summed E-state index contributed by atoms with van der Waals surface area (Å²) in [6, 6.07) is 9.71. The van der Waals surface area contributed by atoms with Crippen molar-refractivity contribution in [3.8, 4) is 17.1 Å². The van der Waals surface area contributed by atoms with Crippen molar-refractivity contribution < 1.29 is 0 Å². The van der Waals surface area contributed by atoms with Gasteiger partial charge in [-0.05, 0) is 29.0 Å². The first kappa shape index (κ1) is 13.2. The summed E-state index contributed by atoms with van der Waals surface area (Å²) in [5.41, 5.74) is 8.23. The standard InChI is InChI=1S/C14H15N7/c1-2-6-12-11(9-16-14(15)17-12)13-18-19-20-21(13)10-7-4-3-5-8-10/h3-5,7-9H,2,6H2,1H3,(H2,15,16,17). The minimum absolute atomic E-state index is 0.265. The zero-order valence-corrected chi connectivity index (χ0v) is 11.6. The van der Waals surface area contributed by atoms with E-state index in [9.17, 15) is 0 Å². The number of nitrogen functional groups attached to an aromatic ring is 1. The number of benzene rings is 1. The van der Waals surface area contributed by atoms with E-state index in [2.05, 4.69) is 32.4 Å². The summed E-state index contributed by atoms with van der Waals surface area (Å²) in [7, 11) is 0. The summed E-state index contributed by atoms with van der Waals surface area (Å²) in [5.74, 6) is 0.880. The van der Waals surface area contributed by atoms with Crippen LogP contribution < -0.4 is 5.73 Å². The number of hydrogen-bond acceptors (Lipinski definition) is 6. The lowest BCUT2D eigenvalue weighted by Crippen LogP contribution is -2.05. The molecule has 0 bridgehead atoms. The van der Waals surface area contributed by atoms with Crippen molar-refractivity contribution in [3.05, 3.63) is 42.2 Å². The van der Waals surface area contributed by atoms with E-state index in [-0.39, 0.29) is 5.95 Å². The molecule has 2 N–H and O–H groups in total. The van der Waals surface area contributed by atoms with Gasteiger partial charge in [0.2, 0.25) is 5.95 Å². The third-order valence-corrected chi connectivity index (χ3v) is 3.08. The number of tetrazole rings is 1. The third-order valence-electron chi connectivity index (χ3n) is 3.08. The normalized spacial score (nSPS) is 10.7. The molecule has 7 heteroatoms. The molecule has 2 heterocycles. The fourth-order valence-electron chi connectivity index (χ4n) is 2.14. The van der Waals surface area contributed by atoms with Crippen LogP contribution in [0.5, 0.6) is 0 Å². The van der Waals surface area contributed by atoms with Gasteiger partial charge in [0.15, 0.2) is 5.82 Å². The number of hydrogen-bond donors (Lipinski definition) is 1. The van der Waals surface area contributed by atoms with Crippen LogP contribution in [0, 0.1) is 0 Å². The second-order valence-corrected chi connectivity index (χ2v) is 4.59. The number of para-hydroxylation sites is 1. The van der Waals surface area contributed by atoms with Gasteiger partial charge in [-0.2, -0.15) is 4.68 Å². The van der Waals surface area contributed by atoms with Crippen LogP contribution in [0.4, 0.5) is 5.95 Å². The third kappa shape index (κ3) is 2.58. The molecule has 2 aromatic heterocycles. The number of nitrogens with two attached hydrogens (primary N) is 1. The molecule has 0 aliphatic carbocycles. The highest BCUT2D eigenvalue weighted by atomic mass is 15.5. The van der Waals surface area contributed by atoms with Gasteiger partial charge in [-0.1, -0.05) is 31.5 Å². The van der Waals surface area contributed by atoms with Gasteiger partial charge in [-0.3, -0.25) is 0 Å². The second kappa shape index (κ2) is 5.66. The SMILES string of the molecule is CCCc1nc(N)ncc1-c1nnnn1-c1ccccc1. The van der Waals surface area contributed by atoms with Crippen molar-refractivity contribution in [2.75, 3.05) is 5.73 Å². The first-order chi connectivity index (χ1) is 10.3. The van der Waals surface area contributed by atoms with E-state index < -0.39 is 0 Å². The molecule has 0 aliphatic rings. The van der Waals surface area contributed by atoms with Crippen LogP contribution >= 0.6 is 0 Å². The molecule has 7 nitrogen and oxygen atoms in total. The van der Waals surface area contributed by atoms with Crippen LogP contribution in [0.2, 0.25) is 0 Å². The van der Waals surface area contributed by atoms with E-state index in [1.807, 2.05) is 30.3 Å². The maximum Gasteiger partial charge on any atom is 0.220 e. The first-order valence-electron chi connectivity index (χ1n) is 6.75. The van der Waals surface area contributed by atoms with Crippen LogP contribution in [0.1, 0.15) is 19.0 Å². The summed E-state index contributed by atoms with van der Waals surface area (Å²) < 4.78 is 1.67. The van der Waals surface area contributed by atoms with Crippen LogP contribution in [0.3, 0.4) is 0 Å². The van der Waals surface area contributed by atoms with Gasteiger partial charge in [0.05, 0.1) is 16.9 Å². The molecule has 0 saturated carbocycles. The van der Waals surface area contributed by atoms with Gasteiger partial charge >= 0.3 is 0 Å². The molecule has 0 amide bonds. The fourth-order valence-corrected chi connectivity index (χ4v) is 2.14. The van der Waals surface area contributed by atoms with Crippen molar-refractivity contribution in [2.45, 2.75) is 19.8 Å². The van der Waals surface area contributed by atoms with Gasteiger partial charge in [-0.15, -0.1) is 5.10 Å². The topological polar surface area (TPSA) is 95.4 Å². The largest absolute Gasteiger partial charge is 0.368 e. The molecule has 3 aromatic rings. The molecule has 1 aromatic carbocycles. The lowest BCUT2D eigenvalue weighted by Gasteiger charge is -2.08. The number of nitrogens with zero attached hydrogens (tertiary/aromatic N) is 6. The predicted molar refractivity (Wildman–Crippen MR) is 78.6 cm³/mol. The van der Waals surface area contributed by atoms with Gasteiger partial charge in [0.25, 0.3) is 0 Å². The summed E-state index contributed by atoms with van der Waals surface area (Å²) in [4.78, 5) is 8.38. The lowest BCUT2D eigenvalue weighted by molar-refractivity contribution is 0.790. The first-order valence-corrected chi connectivity index (χ1v) is 6.75. The Kier molecular flexibility index (Phi) is 3.55. The molecule has 106 valence electrons. The van der Waals surface area contributed by atoms with Crippen molar-refractivity contribution in [3.63, 3.8) is 0 Å². The Morgan fingerprint density at radius 2 is 2.00 bits per heavy atom. The summed E-state index contributed by atoms with van der Waals surface area (Å²) >= 11 is 0. The number of anilines is 1. The van der Waals surface area contributed by atoms with Crippen molar-refractivity contribution >= 4 is 5.95 Å². The fraction of sp³-hybridized carbons (Fsp3) is 0.214. The van der Waals surface area contributed by atoms with Crippen LogP contribution in [-0.2, 0) is 6.42 Å². The van der Waals surface area contributed by atoms with Crippen LogP contribution in [-0.4, -0.2) is 30.2 Å². The summed E-state index contributed by atoms with van der Waals surface area (Å²) in [6.45, 7) is 2.09. The van der Waals surface area contributed by atoms with E-state index in [1.165, 1.54) is 0 Å². The number of aromatic nitrogens is 6. The minimum atomic E-state index is 0.265. The van der Waals surface area contributed by atoms with E-state index >= 15 is 0 Å². The maximum atomic E-state index is 5.68. The number of rotatable bonds is 4. The molecule has 0 radical (unpaired) electrons. The van der Waals surface area contributed by atoms with Gasteiger partial charge < -0.3 is 5.73 Å². The highest BCUT2D eigenvalue weighted by molar-refractivity contribution is 5.60. The van der Waals surface area contributed by atoms with E-state index in [1.54, 1.807) is 10.9 Å². The van der Waals surface area contributed by atoms with Gasteiger partial charge in [-0.25, -0.2) is 9.97 Å². The zero-order chi connectivity index (χ0) is 14.7. The van der Waals surface area contributed by atoms with Gasteiger partial charge in [0, 0.05) is 6.20 Å². The zero-order valence-electron chi connectivity index (χ0n) is 11.6. The molecule has 0 atom stereocenters. The molecular weight excluding hydrogens is 266 g/mol. The minimum Gasteiger partial charge on any atom is -0.368 e. The van der Waals surface area contributed by atoms with Crippen molar-refractivity contribution in [1.29, 1.82) is 0 Å². The van der Waals surface area contributed by atoms with Crippen molar-refractivity contribution in [1.82, 2.24) is 30.2 Å².